The number of ether oxygens (including phenoxy) is 1. The highest BCUT2D eigenvalue weighted by Crippen LogP contribution is 2.27. The first kappa shape index (κ1) is 11.1. The Morgan fingerprint density at radius 2 is 2.40 bits per heavy atom. The van der Waals surface area contributed by atoms with Crippen LogP contribution in [0.5, 0.6) is 0 Å². The number of anilines is 1. The minimum atomic E-state index is 0.437. The van der Waals surface area contributed by atoms with Gasteiger partial charge in [0, 0.05) is 18.8 Å². The van der Waals surface area contributed by atoms with Gasteiger partial charge in [0.25, 0.3) is 0 Å². The van der Waals surface area contributed by atoms with E-state index >= 15 is 0 Å². The average molecular weight is 319 g/mol. The van der Waals surface area contributed by atoms with Gasteiger partial charge in [-0.15, -0.1) is 0 Å². The van der Waals surface area contributed by atoms with Crippen molar-refractivity contribution in [1.29, 1.82) is 0 Å². The number of hydrogen-bond acceptors (Lipinski definition) is 4. The minimum Gasteiger partial charge on any atom is -0.378 e. The summed E-state index contributed by atoms with van der Waals surface area (Å²) < 4.78 is 6.57. The lowest BCUT2D eigenvalue weighted by molar-refractivity contribution is 0.00291. The van der Waals surface area contributed by atoms with Gasteiger partial charge in [0.05, 0.1) is 9.67 Å². The van der Waals surface area contributed by atoms with Gasteiger partial charge in [0.2, 0.25) is 0 Å². The molecule has 1 aromatic heterocycles. The lowest BCUT2D eigenvalue weighted by atomic mass is 9.89. The molecule has 1 N–H and O–H groups in total. The molecule has 0 spiro atoms. The zero-order valence-corrected chi connectivity index (χ0v) is 10.8. The highest BCUT2D eigenvalue weighted by atomic mass is 127. The third-order valence-corrected chi connectivity index (χ3v) is 3.30. The second-order valence-corrected chi connectivity index (χ2v) is 4.77. The maximum absolute atomic E-state index is 5.50. The fraction of sp³-hybridized carbons (Fsp3) is 0.600. The summed E-state index contributed by atoms with van der Waals surface area (Å²) >= 11 is 2.24. The molecule has 1 saturated carbocycles. The fourth-order valence-corrected chi connectivity index (χ4v) is 2.12. The Morgan fingerprint density at radius 1 is 1.60 bits per heavy atom. The van der Waals surface area contributed by atoms with Crippen LogP contribution >= 0.6 is 22.6 Å². The van der Waals surface area contributed by atoms with Crippen LogP contribution in [0.3, 0.4) is 0 Å². The molecule has 0 radical (unpaired) electrons. The zero-order valence-electron chi connectivity index (χ0n) is 8.61. The Hall–Kier alpha value is -0.430. The monoisotopic (exact) mass is 319 g/mol. The molecule has 1 fully saturated rings. The van der Waals surface area contributed by atoms with Crippen molar-refractivity contribution in [2.24, 2.45) is 0 Å². The number of aromatic nitrogens is 2. The van der Waals surface area contributed by atoms with E-state index in [-0.39, 0.29) is 0 Å². The molecular weight excluding hydrogens is 305 g/mol. The van der Waals surface area contributed by atoms with Gasteiger partial charge in [-0.3, -0.25) is 0 Å². The predicted molar refractivity (Wildman–Crippen MR) is 66.8 cm³/mol. The Morgan fingerprint density at radius 3 is 3.07 bits per heavy atom. The van der Waals surface area contributed by atoms with E-state index in [1.807, 2.05) is 13.1 Å². The number of hydrogen-bond donors (Lipinski definition) is 1. The molecular formula is C10H14IN3O. The van der Waals surface area contributed by atoms with E-state index < -0.39 is 0 Å². The molecule has 0 atom stereocenters. The molecule has 15 heavy (non-hydrogen) atoms. The summed E-state index contributed by atoms with van der Waals surface area (Å²) in [5.41, 5.74) is 0. The van der Waals surface area contributed by atoms with Gasteiger partial charge in [0.1, 0.15) is 12.1 Å². The van der Waals surface area contributed by atoms with Gasteiger partial charge in [-0.05, 0) is 42.4 Å². The lowest BCUT2D eigenvalue weighted by Gasteiger charge is -2.35. The topological polar surface area (TPSA) is 47.0 Å². The molecule has 1 aromatic rings. The van der Waals surface area contributed by atoms with Crippen molar-refractivity contribution < 1.29 is 4.74 Å². The van der Waals surface area contributed by atoms with Gasteiger partial charge in [0.15, 0.2) is 0 Å². The van der Waals surface area contributed by atoms with Crippen LogP contribution in [0.15, 0.2) is 12.5 Å². The van der Waals surface area contributed by atoms with E-state index in [0.717, 1.165) is 28.8 Å². The Bertz CT molecular complexity index is 328. The number of nitrogens with zero attached hydrogens (tertiary/aromatic N) is 2. The molecule has 0 amide bonds. The first-order chi connectivity index (χ1) is 7.29. The van der Waals surface area contributed by atoms with Crippen LogP contribution in [-0.2, 0) is 4.74 Å². The normalized spacial score (nSPS) is 24.7. The maximum atomic E-state index is 5.50. The number of rotatable bonds is 4. The molecule has 5 heteroatoms. The highest BCUT2D eigenvalue weighted by Gasteiger charge is 2.29. The summed E-state index contributed by atoms with van der Waals surface area (Å²) in [6.07, 6.45) is 5.98. The Kier molecular flexibility index (Phi) is 3.74. The van der Waals surface area contributed by atoms with Crippen LogP contribution in [-0.4, -0.2) is 28.7 Å². The van der Waals surface area contributed by atoms with Crippen LogP contribution in [0.25, 0.3) is 0 Å². The van der Waals surface area contributed by atoms with Crippen molar-refractivity contribution in [2.45, 2.75) is 31.9 Å². The molecule has 1 aliphatic rings. The van der Waals surface area contributed by atoms with Crippen LogP contribution in [0.1, 0.15) is 19.8 Å². The van der Waals surface area contributed by atoms with Gasteiger partial charge in [-0.25, -0.2) is 9.97 Å². The molecule has 0 saturated heterocycles. The molecule has 4 nitrogen and oxygen atoms in total. The summed E-state index contributed by atoms with van der Waals surface area (Å²) in [5, 5.41) is 3.40. The largest absolute Gasteiger partial charge is 0.378 e. The SMILES string of the molecule is CCOC1CC(Nc2ncncc2I)C1. The summed E-state index contributed by atoms with van der Waals surface area (Å²) in [6.45, 7) is 2.84. The van der Waals surface area contributed by atoms with Gasteiger partial charge >= 0.3 is 0 Å². The minimum absolute atomic E-state index is 0.437. The summed E-state index contributed by atoms with van der Waals surface area (Å²) in [5.74, 6) is 0.936. The third kappa shape index (κ3) is 2.78. The number of nitrogens with one attached hydrogen (secondary N) is 1. The van der Waals surface area contributed by atoms with E-state index in [4.69, 9.17) is 4.74 Å². The number of halogens is 1. The smallest absolute Gasteiger partial charge is 0.143 e. The molecule has 2 rings (SSSR count). The Balaban J connectivity index is 1.82. The fourth-order valence-electron chi connectivity index (χ4n) is 1.67. The summed E-state index contributed by atoms with van der Waals surface area (Å²) in [6, 6.07) is 0.505. The van der Waals surface area contributed by atoms with Crippen LogP contribution in [0.2, 0.25) is 0 Å². The summed E-state index contributed by atoms with van der Waals surface area (Å²) in [4.78, 5) is 8.16. The quantitative estimate of drug-likeness (QED) is 0.863. The molecule has 82 valence electrons. The standard InChI is InChI=1S/C10H14IN3O/c1-2-15-8-3-7(4-8)14-10-9(11)5-12-6-13-10/h5-8H,2-4H2,1H3,(H,12,13,14). The van der Waals surface area contributed by atoms with Gasteiger partial charge < -0.3 is 10.1 Å². The van der Waals surface area contributed by atoms with E-state index in [1.54, 1.807) is 6.33 Å². The third-order valence-electron chi connectivity index (χ3n) is 2.51. The van der Waals surface area contributed by atoms with Crippen molar-refractivity contribution in [3.63, 3.8) is 0 Å². The van der Waals surface area contributed by atoms with Gasteiger partial charge in [-0.2, -0.15) is 0 Å². The van der Waals surface area contributed by atoms with E-state index in [2.05, 4.69) is 37.9 Å². The van der Waals surface area contributed by atoms with Crippen LogP contribution in [0.4, 0.5) is 5.82 Å². The van der Waals surface area contributed by atoms with Crippen molar-refractivity contribution in [1.82, 2.24) is 9.97 Å². The first-order valence-electron chi connectivity index (χ1n) is 5.13. The zero-order chi connectivity index (χ0) is 10.7. The molecule has 0 unspecified atom stereocenters. The van der Waals surface area contributed by atoms with Crippen molar-refractivity contribution >= 4 is 28.4 Å². The summed E-state index contributed by atoms with van der Waals surface area (Å²) in [7, 11) is 0. The predicted octanol–water partition coefficient (Wildman–Crippen LogP) is 2.06. The molecule has 1 heterocycles. The van der Waals surface area contributed by atoms with Crippen molar-refractivity contribution in [3.05, 3.63) is 16.1 Å². The van der Waals surface area contributed by atoms with Crippen molar-refractivity contribution in [3.8, 4) is 0 Å². The van der Waals surface area contributed by atoms with Crippen molar-refractivity contribution in [2.75, 3.05) is 11.9 Å². The second-order valence-electron chi connectivity index (χ2n) is 3.61. The maximum Gasteiger partial charge on any atom is 0.143 e. The molecule has 1 aliphatic carbocycles. The second kappa shape index (κ2) is 5.07. The first-order valence-corrected chi connectivity index (χ1v) is 6.21. The van der Waals surface area contributed by atoms with Gasteiger partial charge in [-0.1, -0.05) is 0 Å². The molecule has 0 bridgehead atoms. The van der Waals surface area contributed by atoms with Crippen LogP contribution < -0.4 is 5.32 Å². The molecule has 0 aliphatic heterocycles. The van der Waals surface area contributed by atoms with E-state index in [0.29, 0.717) is 12.1 Å². The Labute approximate surface area is 103 Å². The van der Waals surface area contributed by atoms with Crippen LogP contribution in [0, 0.1) is 3.57 Å². The molecule has 0 aromatic carbocycles. The lowest BCUT2D eigenvalue weighted by Crippen LogP contribution is -2.41. The highest BCUT2D eigenvalue weighted by molar-refractivity contribution is 14.1. The van der Waals surface area contributed by atoms with E-state index in [9.17, 15) is 0 Å². The van der Waals surface area contributed by atoms with E-state index in [1.165, 1.54) is 0 Å². The average Bonchev–Trinajstić information content (AvgIpc) is 2.18.